The van der Waals surface area contributed by atoms with Gasteiger partial charge in [0, 0.05) is 13.6 Å². The van der Waals surface area contributed by atoms with Crippen molar-refractivity contribution in [2.75, 3.05) is 6.54 Å². The minimum absolute atomic E-state index is 0.210. The lowest BCUT2D eigenvalue weighted by atomic mass is 10.3. The second-order valence-electron chi connectivity index (χ2n) is 4.01. The van der Waals surface area contributed by atoms with E-state index in [9.17, 15) is 8.42 Å². The molecule has 2 aromatic rings. The van der Waals surface area contributed by atoms with E-state index < -0.39 is 10.0 Å². The first-order chi connectivity index (χ1) is 8.45. The van der Waals surface area contributed by atoms with E-state index in [0.29, 0.717) is 5.52 Å². The SMILES string of the molecule is C=CCNS(=O)(=O)c1ccc2c(c1)nc(C)n2C. The summed E-state index contributed by atoms with van der Waals surface area (Å²) >= 11 is 0. The Morgan fingerprint density at radius 1 is 1.50 bits per heavy atom. The van der Waals surface area contributed by atoms with Gasteiger partial charge < -0.3 is 4.57 Å². The molecule has 1 heterocycles. The van der Waals surface area contributed by atoms with Gasteiger partial charge in [-0.3, -0.25) is 0 Å². The molecule has 0 atom stereocenters. The highest BCUT2D eigenvalue weighted by Crippen LogP contribution is 2.19. The van der Waals surface area contributed by atoms with Crippen LogP contribution < -0.4 is 4.72 Å². The third kappa shape index (κ3) is 2.16. The van der Waals surface area contributed by atoms with Gasteiger partial charge in [0.15, 0.2) is 0 Å². The monoisotopic (exact) mass is 265 g/mol. The molecule has 2 rings (SSSR count). The van der Waals surface area contributed by atoms with E-state index >= 15 is 0 Å². The van der Waals surface area contributed by atoms with Crippen molar-refractivity contribution >= 4 is 21.1 Å². The number of hydrogen-bond donors (Lipinski definition) is 1. The molecule has 0 radical (unpaired) electrons. The molecule has 0 unspecified atom stereocenters. The van der Waals surface area contributed by atoms with Gasteiger partial charge >= 0.3 is 0 Å². The summed E-state index contributed by atoms with van der Waals surface area (Å²) in [5.41, 5.74) is 1.59. The predicted octanol–water partition coefficient (Wildman–Crippen LogP) is 1.35. The Kier molecular flexibility index (Phi) is 3.23. The summed E-state index contributed by atoms with van der Waals surface area (Å²) < 4.78 is 28.2. The molecule has 5 nitrogen and oxygen atoms in total. The van der Waals surface area contributed by atoms with Crippen LogP contribution in [0.25, 0.3) is 11.0 Å². The molecule has 1 aromatic carbocycles. The summed E-state index contributed by atoms with van der Waals surface area (Å²) in [6.45, 7) is 5.57. The number of aryl methyl sites for hydroxylation is 2. The number of hydrogen-bond acceptors (Lipinski definition) is 3. The first kappa shape index (κ1) is 12.8. The van der Waals surface area contributed by atoms with E-state index in [1.807, 2.05) is 18.5 Å². The minimum atomic E-state index is -3.49. The van der Waals surface area contributed by atoms with E-state index in [2.05, 4.69) is 16.3 Å². The van der Waals surface area contributed by atoms with E-state index in [-0.39, 0.29) is 11.4 Å². The lowest BCUT2D eigenvalue weighted by Crippen LogP contribution is -2.23. The average Bonchev–Trinajstić information content (AvgIpc) is 2.62. The van der Waals surface area contributed by atoms with Crippen LogP contribution >= 0.6 is 0 Å². The van der Waals surface area contributed by atoms with Gasteiger partial charge in [-0.05, 0) is 25.1 Å². The molecule has 18 heavy (non-hydrogen) atoms. The molecule has 0 aliphatic rings. The molecule has 0 spiro atoms. The zero-order valence-corrected chi connectivity index (χ0v) is 11.2. The zero-order valence-electron chi connectivity index (χ0n) is 10.3. The Hall–Kier alpha value is -1.66. The molecular formula is C12H15N3O2S. The fourth-order valence-corrected chi connectivity index (χ4v) is 2.74. The Bertz CT molecular complexity index is 701. The summed E-state index contributed by atoms with van der Waals surface area (Å²) in [5.74, 6) is 0.846. The van der Waals surface area contributed by atoms with Crippen molar-refractivity contribution in [3.8, 4) is 0 Å². The molecule has 0 aliphatic heterocycles. The number of nitrogens with one attached hydrogen (secondary N) is 1. The van der Waals surface area contributed by atoms with Crippen LogP contribution in [0.5, 0.6) is 0 Å². The Balaban J connectivity index is 2.50. The molecule has 1 N–H and O–H groups in total. The highest BCUT2D eigenvalue weighted by molar-refractivity contribution is 7.89. The van der Waals surface area contributed by atoms with E-state index in [1.165, 1.54) is 6.08 Å². The van der Waals surface area contributed by atoms with Crippen molar-refractivity contribution in [1.29, 1.82) is 0 Å². The van der Waals surface area contributed by atoms with Gasteiger partial charge in [0.05, 0.1) is 15.9 Å². The maximum Gasteiger partial charge on any atom is 0.240 e. The number of imidazole rings is 1. The summed E-state index contributed by atoms with van der Waals surface area (Å²) in [6.07, 6.45) is 1.50. The normalized spacial score (nSPS) is 11.9. The molecule has 1 aromatic heterocycles. The lowest BCUT2D eigenvalue weighted by Gasteiger charge is -2.04. The van der Waals surface area contributed by atoms with Crippen molar-refractivity contribution < 1.29 is 8.42 Å². The molecule has 0 bridgehead atoms. The number of rotatable bonds is 4. The molecule has 96 valence electrons. The lowest BCUT2D eigenvalue weighted by molar-refractivity contribution is 0.586. The number of nitrogens with zero attached hydrogens (tertiary/aromatic N) is 2. The number of benzene rings is 1. The molecule has 0 fully saturated rings. The fourth-order valence-electron chi connectivity index (χ4n) is 1.72. The van der Waals surface area contributed by atoms with Crippen molar-refractivity contribution in [2.24, 2.45) is 7.05 Å². The quantitative estimate of drug-likeness (QED) is 0.849. The Morgan fingerprint density at radius 3 is 2.89 bits per heavy atom. The van der Waals surface area contributed by atoms with Gasteiger partial charge in [0.1, 0.15) is 5.82 Å². The smallest absolute Gasteiger partial charge is 0.240 e. The molecule has 0 amide bonds. The van der Waals surface area contributed by atoms with Crippen LogP contribution in [0.15, 0.2) is 35.7 Å². The van der Waals surface area contributed by atoms with Crippen LogP contribution in [-0.4, -0.2) is 24.5 Å². The first-order valence-corrected chi connectivity index (χ1v) is 6.97. The maximum atomic E-state index is 11.9. The zero-order chi connectivity index (χ0) is 13.3. The number of aromatic nitrogens is 2. The highest BCUT2D eigenvalue weighted by atomic mass is 32.2. The van der Waals surface area contributed by atoms with Crippen molar-refractivity contribution in [3.05, 3.63) is 36.7 Å². The van der Waals surface area contributed by atoms with Crippen LogP contribution in [0.1, 0.15) is 5.82 Å². The minimum Gasteiger partial charge on any atom is -0.331 e. The van der Waals surface area contributed by atoms with Gasteiger partial charge in [-0.15, -0.1) is 6.58 Å². The van der Waals surface area contributed by atoms with Crippen LogP contribution in [0, 0.1) is 6.92 Å². The largest absolute Gasteiger partial charge is 0.331 e. The van der Waals surface area contributed by atoms with E-state index in [4.69, 9.17) is 0 Å². The second kappa shape index (κ2) is 4.55. The van der Waals surface area contributed by atoms with Crippen LogP contribution in [0.2, 0.25) is 0 Å². The Labute approximate surface area is 106 Å². The van der Waals surface area contributed by atoms with Crippen LogP contribution in [0.3, 0.4) is 0 Å². The van der Waals surface area contributed by atoms with Crippen LogP contribution in [0.4, 0.5) is 0 Å². The van der Waals surface area contributed by atoms with Gasteiger partial charge in [0.2, 0.25) is 10.0 Å². The van der Waals surface area contributed by atoms with Gasteiger partial charge in [-0.2, -0.15) is 0 Å². The first-order valence-electron chi connectivity index (χ1n) is 5.49. The third-order valence-corrected chi connectivity index (χ3v) is 4.23. The standard InChI is InChI=1S/C12H15N3O2S/c1-4-7-13-18(16,17)10-5-6-12-11(8-10)14-9(2)15(12)3/h4-6,8,13H,1,7H2,2-3H3. The molecule has 6 heteroatoms. The topological polar surface area (TPSA) is 64.0 Å². The molecule has 0 saturated carbocycles. The van der Waals surface area contributed by atoms with Gasteiger partial charge in [-0.1, -0.05) is 6.08 Å². The summed E-state index contributed by atoms with van der Waals surface area (Å²) in [6, 6.07) is 4.92. The van der Waals surface area contributed by atoms with E-state index in [1.54, 1.807) is 18.2 Å². The second-order valence-corrected chi connectivity index (χ2v) is 5.78. The van der Waals surface area contributed by atoms with Crippen molar-refractivity contribution in [2.45, 2.75) is 11.8 Å². The van der Waals surface area contributed by atoms with E-state index in [0.717, 1.165) is 11.3 Å². The highest BCUT2D eigenvalue weighted by Gasteiger charge is 2.14. The predicted molar refractivity (Wildman–Crippen MR) is 70.8 cm³/mol. The summed E-state index contributed by atoms with van der Waals surface area (Å²) in [5, 5.41) is 0. The van der Waals surface area contributed by atoms with Crippen molar-refractivity contribution in [1.82, 2.24) is 14.3 Å². The average molecular weight is 265 g/mol. The summed E-state index contributed by atoms with van der Waals surface area (Å²) in [4.78, 5) is 4.54. The maximum absolute atomic E-state index is 11.9. The molecule has 0 aliphatic carbocycles. The van der Waals surface area contributed by atoms with Gasteiger partial charge in [0.25, 0.3) is 0 Å². The van der Waals surface area contributed by atoms with Gasteiger partial charge in [-0.25, -0.2) is 18.1 Å². The number of fused-ring (bicyclic) bond motifs is 1. The third-order valence-electron chi connectivity index (χ3n) is 2.80. The molecular weight excluding hydrogens is 250 g/mol. The van der Waals surface area contributed by atoms with Crippen molar-refractivity contribution in [3.63, 3.8) is 0 Å². The number of sulfonamides is 1. The fraction of sp³-hybridized carbons (Fsp3) is 0.250. The molecule has 0 saturated heterocycles. The summed E-state index contributed by atoms with van der Waals surface area (Å²) in [7, 11) is -1.59. The van der Waals surface area contributed by atoms with Crippen LogP contribution in [-0.2, 0) is 17.1 Å². The Morgan fingerprint density at radius 2 is 2.22 bits per heavy atom.